The highest BCUT2D eigenvalue weighted by atomic mass is 28.1. The van der Waals surface area contributed by atoms with Crippen LogP contribution >= 0.6 is 0 Å². The highest BCUT2D eigenvalue weighted by Crippen LogP contribution is 0.145. The lowest BCUT2D eigenvalue weighted by molar-refractivity contribution is 2.13. The van der Waals surface area contributed by atoms with Crippen molar-refractivity contribution >= 4 is 28.3 Å². The smallest absolute Gasteiger partial charge is 0.187 e. The van der Waals surface area contributed by atoms with Crippen molar-refractivity contribution in [2.24, 2.45) is 0 Å². The van der Waals surface area contributed by atoms with Gasteiger partial charge in [0.25, 0.3) is 0 Å². The topological polar surface area (TPSA) is 35.0 Å². The summed E-state index contributed by atoms with van der Waals surface area (Å²) in [6, 6.07) is 0. The Morgan fingerprint density at radius 2 is 0.800 bits per heavy atom. The van der Waals surface area contributed by atoms with Crippen LogP contribution in [0.2, 0.25) is 0 Å². The quantitative estimate of drug-likeness (QED) is 0.391. The van der Waals surface area contributed by atoms with Gasteiger partial charge >= 0.3 is 0 Å². The van der Waals surface area contributed by atoms with E-state index in [1.165, 1.54) is 0 Å². The van der Waals surface area contributed by atoms with E-state index in [1.807, 2.05) is 0 Å². The van der Waals surface area contributed by atoms with Gasteiger partial charge in [-0.05, 0) is 11.0 Å². The zero-order valence-electron chi connectivity index (χ0n) is 0.707. The van der Waals surface area contributed by atoms with Gasteiger partial charge in [-0.3, -0.25) is 0 Å². The van der Waals surface area contributed by atoms with Gasteiger partial charge in [-0.1, -0.05) is 14.9 Å². The first-order chi connectivity index (χ1) is 0. The molecular formula is C2H18AlNSi. The summed E-state index contributed by atoms with van der Waals surface area (Å²) in [6.45, 7) is 0. The number of hydrogen-bond donors (Lipinski definition) is 1. The van der Waals surface area contributed by atoms with Gasteiger partial charge < -0.3 is 6.15 Å². The maximum Gasteiger partial charge on any atom is 0.187 e. The highest BCUT2D eigenvalue weighted by Gasteiger charge is 0.187. The van der Waals surface area contributed by atoms with Crippen LogP contribution < -0.4 is 6.15 Å². The predicted octanol–water partition coefficient (Wildman–Crippen LogP) is -1.20. The minimum atomic E-state index is 0. The zero-order chi connectivity index (χ0) is 0. The van der Waals surface area contributed by atoms with Crippen LogP contribution in [0.25, 0.3) is 0 Å². The largest absolute Gasteiger partial charge is 0.344 e. The van der Waals surface area contributed by atoms with E-state index in [4.69, 9.17) is 0 Å². The molecule has 3 N–H and O–H groups in total. The predicted molar refractivity (Wildman–Crippen MR) is 39.8 cm³/mol. The van der Waals surface area contributed by atoms with Crippen LogP contribution in [0.4, 0.5) is 0 Å². The maximum atomic E-state index is 0. The molecule has 0 heterocycles. The molecule has 0 atom stereocenters. The Labute approximate surface area is 49.9 Å². The van der Waals surface area contributed by atoms with Crippen LogP contribution in [-0.4, -0.2) is 28.3 Å². The van der Waals surface area contributed by atoms with E-state index in [1.54, 1.807) is 0 Å². The van der Waals surface area contributed by atoms with Gasteiger partial charge in [0.1, 0.15) is 0 Å². The first-order valence-electron chi connectivity index (χ1n) is 0. The Kier molecular flexibility index (Phi) is 6480. The molecule has 0 saturated carbocycles. The second-order valence-corrected chi connectivity index (χ2v) is 0. The first kappa shape index (κ1) is 252. The summed E-state index contributed by atoms with van der Waals surface area (Å²) in [5.74, 6) is 0. The molecule has 5 heavy (non-hydrogen) atoms. The summed E-state index contributed by atoms with van der Waals surface area (Å²) in [5.41, 5.74) is 0. The first-order valence-corrected chi connectivity index (χ1v) is 0. The number of rotatable bonds is 0. The molecule has 0 aromatic carbocycles. The van der Waals surface area contributed by atoms with Crippen molar-refractivity contribution in [3.8, 4) is 0 Å². The molecule has 0 bridgehead atoms. The summed E-state index contributed by atoms with van der Waals surface area (Å²) in [4.78, 5) is 0. The molecule has 0 aliphatic heterocycles. The van der Waals surface area contributed by atoms with Crippen LogP contribution in [0.1, 0.15) is 14.9 Å². The van der Waals surface area contributed by atoms with E-state index >= 15 is 0 Å². The summed E-state index contributed by atoms with van der Waals surface area (Å²) in [7, 11) is 0. The molecule has 0 unspecified atom stereocenters. The van der Waals surface area contributed by atoms with Crippen molar-refractivity contribution in [2.75, 3.05) is 0 Å². The van der Waals surface area contributed by atoms with Crippen molar-refractivity contribution in [3.05, 3.63) is 0 Å². The molecule has 0 aliphatic rings. The minimum Gasteiger partial charge on any atom is -0.344 e. The highest BCUT2D eigenvalue weighted by molar-refractivity contribution is 5.76. The molecule has 0 aliphatic carbocycles. The lowest BCUT2D eigenvalue weighted by Crippen LogP contribution is -0.481. The van der Waals surface area contributed by atoms with Crippen molar-refractivity contribution in [1.29, 1.82) is 0 Å². The molecular weight excluding hydrogens is 93.1 g/mol. The molecule has 0 rings (SSSR count). The molecule has 3 heteroatoms. The monoisotopic (exact) mass is 111 g/mol. The molecule has 0 saturated heterocycles. The van der Waals surface area contributed by atoms with Crippen LogP contribution in [0, 0.1) is 0 Å². The lowest BCUT2D eigenvalue weighted by Gasteiger charge is -0.344. The second-order valence-electron chi connectivity index (χ2n) is 0. The van der Waals surface area contributed by atoms with E-state index in [2.05, 4.69) is 0 Å². The van der Waals surface area contributed by atoms with E-state index < -0.39 is 0 Å². The summed E-state index contributed by atoms with van der Waals surface area (Å²) in [5, 5.41) is 0. The van der Waals surface area contributed by atoms with E-state index in [9.17, 15) is 0 Å². The van der Waals surface area contributed by atoms with Crippen LogP contribution in [-0.2, 0) is 0 Å². The third-order valence-corrected chi connectivity index (χ3v) is 0. The normalized spacial score (nSPS) is 0. The van der Waals surface area contributed by atoms with Gasteiger partial charge in [-0.2, -0.15) is 0 Å². The molecule has 0 aromatic rings. The average molecular weight is 111 g/mol. The van der Waals surface area contributed by atoms with E-state index in [0.717, 1.165) is 0 Å². The Hall–Kier alpha value is 0.709. The molecule has 0 amide bonds. The zero-order valence-corrected chi connectivity index (χ0v) is 0.707. The molecule has 0 radical (unpaired) electrons. The lowest BCUT2D eigenvalue weighted by atomic mass is 12.0. The Morgan fingerprint density at radius 3 is 0.800 bits per heavy atom. The Bertz CT molecular complexity index is 9.61. The molecule has 0 aromatic heterocycles. The van der Waals surface area contributed by atoms with Gasteiger partial charge in [0.2, 0.25) is 0 Å². The van der Waals surface area contributed by atoms with Gasteiger partial charge in [0.05, 0.1) is 0 Å². The molecule has 0 fully saturated rings. The van der Waals surface area contributed by atoms with Gasteiger partial charge in [-0.15, -0.1) is 0 Å². The Morgan fingerprint density at radius 1 is 0.800 bits per heavy atom. The molecule has 0 spiro atoms. The van der Waals surface area contributed by atoms with Gasteiger partial charge in [0.15, 0.2) is 17.4 Å². The van der Waals surface area contributed by atoms with Crippen molar-refractivity contribution in [3.63, 3.8) is 0 Å². The second kappa shape index (κ2) is 129. The van der Waals surface area contributed by atoms with Crippen LogP contribution in [0.15, 0.2) is 0 Å². The maximum absolute atomic E-state index is 0. The summed E-state index contributed by atoms with van der Waals surface area (Å²) >= 11 is 0. The molecule has 1 nitrogen and oxygen atoms in total. The van der Waals surface area contributed by atoms with Crippen LogP contribution in [0.5, 0.6) is 0 Å². The van der Waals surface area contributed by atoms with E-state index in [-0.39, 0.29) is 49.3 Å². The summed E-state index contributed by atoms with van der Waals surface area (Å²) in [6.07, 6.45) is 0. The summed E-state index contributed by atoms with van der Waals surface area (Å²) < 4.78 is 0. The number of hydrogen-bond acceptors (Lipinski definition) is 1. The fourth-order valence-electron chi connectivity index (χ4n) is 0. The van der Waals surface area contributed by atoms with Crippen molar-refractivity contribution in [1.82, 2.24) is 6.15 Å². The van der Waals surface area contributed by atoms with Crippen molar-refractivity contribution < 1.29 is 0 Å². The minimum absolute atomic E-state index is 0. The van der Waals surface area contributed by atoms with Gasteiger partial charge in [-0.25, -0.2) is 0 Å². The van der Waals surface area contributed by atoms with Crippen LogP contribution in [0.3, 0.4) is 0 Å². The van der Waals surface area contributed by atoms with Crippen molar-refractivity contribution in [2.45, 2.75) is 14.9 Å². The third kappa shape index (κ3) is 68.7. The SMILES string of the molecule is C.C.N.[AlH3].[SiH4]. The third-order valence-electron chi connectivity index (χ3n) is 0. The molecule has 38 valence electrons. The standard InChI is InChI=1S/2CH4.Al.H3N.H4Si.3H/h2*1H4;;1H3;1H4;;;. The average Bonchev–Trinajstić information content (AvgIpc) is 0. The van der Waals surface area contributed by atoms with Gasteiger partial charge in [0, 0.05) is 0 Å². The fourth-order valence-corrected chi connectivity index (χ4v) is 0. The van der Waals surface area contributed by atoms with E-state index in [0.29, 0.717) is 0 Å². The Balaban J connectivity index is 0. The fraction of sp³-hybridized carbons (Fsp3) is 1.00.